The van der Waals surface area contributed by atoms with Gasteiger partial charge >= 0.3 is 0 Å². The Balaban J connectivity index is 2.52. The molecule has 0 unspecified atom stereocenters. The molecule has 1 rings (SSSR count). The number of hydrogen-bond acceptors (Lipinski definition) is 3. The number of pyridine rings is 1. The van der Waals surface area contributed by atoms with Gasteiger partial charge in [-0.2, -0.15) is 0 Å². The highest BCUT2D eigenvalue weighted by Gasteiger charge is 2.14. The predicted molar refractivity (Wildman–Crippen MR) is 72.2 cm³/mol. The second kappa shape index (κ2) is 5.69. The molecule has 1 aromatic rings. The molecular formula is C13H22N2S. The molecule has 0 aromatic carbocycles. The first-order valence-electron chi connectivity index (χ1n) is 5.63. The van der Waals surface area contributed by atoms with E-state index in [2.05, 4.69) is 56.9 Å². The van der Waals surface area contributed by atoms with Crippen LogP contribution >= 0.6 is 11.8 Å². The first-order chi connectivity index (χ1) is 7.39. The third kappa shape index (κ3) is 4.54. The molecule has 0 aliphatic heterocycles. The third-order valence-electron chi connectivity index (χ3n) is 2.31. The highest BCUT2D eigenvalue weighted by atomic mass is 32.2. The lowest BCUT2D eigenvalue weighted by Gasteiger charge is -2.17. The van der Waals surface area contributed by atoms with Crippen molar-refractivity contribution in [1.82, 2.24) is 9.88 Å². The fourth-order valence-electron chi connectivity index (χ4n) is 1.26. The number of hydrogen-bond donors (Lipinski definition) is 0. The summed E-state index contributed by atoms with van der Waals surface area (Å²) in [5.41, 5.74) is 1.30. The van der Waals surface area contributed by atoms with E-state index < -0.39 is 0 Å². The van der Waals surface area contributed by atoms with Crippen molar-refractivity contribution in [3.8, 4) is 0 Å². The number of thioether (sulfide) groups is 1. The third-order valence-corrected chi connectivity index (χ3v) is 3.27. The normalized spacial score (nSPS) is 12.1. The van der Waals surface area contributed by atoms with Crippen molar-refractivity contribution in [3.05, 3.63) is 24.0 Å². The van der Waals surface area contributed by atoms with E-state index in [1.807, 2.05) is 18.0 Å². The van der Waals surface area contributed by atoms with Gasteiger partial charge in [-0.1, -0.05) is 20.8 Å². The molecule has 0 saturated heterocycles. The van der Waals surface area contributed by atoms with Gasteiger partial charge in [0.2, 0.25) is 0 Å². The van der Waals surface area contributed by atoms with Crippen molar-refractivity contribution in [2.75, 3.05) is 26.4 Å². The SMILES string of the molecule is CN(C)CCSc1ccc(C(C)(C)C)nc1. The van der Waals surface area contributed by atoms with Gasteiger partial charge < -0.3 is 4.90 Å². The van der Waals surface area contributed by atoms with Gasteiger partial charge in [-0.3, -0.25) is 4.98 Å². The minimum atomic E-state index is 0.146. The van der Waals surface area contributed by atoms with Crippen LogP contribution in [-0.2, 0) is 5.41 Å². The first kappa shape index (κ1) is 13.5. The van der Waals surface area contributed by atoms with E-state index in [0.717, 1.165) is 18.0 Å². The topological polar surface area (TPSA) is 16.1 Å². The van der Waals surface area contributed by atoms with Crippen LogP contribution in [0.2, 0.25) is 0 Å². The van der Waals surface area contributed by atoms with Crippen LogP contribution in [0.15, 0.2) is 23.2 Å². The Labute approximate surface area is 103 Å². The van der Waals surface area contributed by atoms with E-state index in [4.69, 9.17) is 0 Å². The van der Waals surface area contributed by atoms with Crippen molar-refractivity contribution in [2.24, 2.45) is 0 Å². The molecule has 1 heterocycles. The van der Waals surface area contributed by atoms with Gasteiger partial charge in [0.15, 0.2) is 0 Å². The Kier molecular flexibility index (Phi) is 4.81. The molecule has 0 bridgehead atoms. The van der Waals surface area contributed by atoms with E-state index in [9.17, 15) is 0 Å². The molecule has 0 spiro atoms. The minimum Gasteiger partial charge on any atom is -0.309 e. The summed E-state index contributed by atoms with van der Waals surface area (Å²) in [7, 11) is 4.20. The van der Waals surface area contributed by atoms with E-state index in [0.29, 0.717) is 0 Å². The summed E-state index contributed by atoms with van der Waals surface area (Å²) in [5, 5.41) is 0. The quantitative estimate of drug-likeness (QED) is 0.750. The fraction of sp³-hybridized carbons (Fsp3) is 0.615. The summed E-state index contributed by atoms with van der Waals surface area (Å²) in [6.07, 6.45) is 1.99. The van der Waals surface area contributed by atoms with Crippen LogP contribution in [0.1, 0.15) is 26.5 Å². The molecule has 0 saturated carbocycles. The maximum atomic E-state index is 4.51. The summed E-state index contributed by atoms with van der Waals surface area (Å²) < 4.78 is 0. The van der Waals surface area contributed by atoms with Crippen LogP contribution in [0.4, 0.5) is 0 Å². The molecule has 90 valence electrons. The van der Waals surface area contributed by atoms with Gasteiger partial charge in [0.05, 0.1) is 0 Å². The summed E-state index contributed by atoms with van der Waals surface area (Å²) in [4.78, 5) is 7.97. The summed E-state index contributed by atoms with van der Waals surface area (Å²) in [6, 6.07) is 4.31. The monoisotopic (exact) mass is 238 g/mol. The second-order valence-corrected chi connectivity index (χ2v) is 6.45. The Morgan fingerprint density at radius 1 is 1.25 bits per heavy atom. The molecule has 0 aliphatic carbocycles. The lowest BCUT2D eigenvalue weighted by Crippen LogP contribution is -2.15. The molecule has 16 heavy (non-hydrogen) atoms. The maximum absolute atomic E-state index is 4.51. The van der Waals surface area contributed by atoms with E-state index in [-0.39, 0.29) is 5.41 Å². The van der Waals surface area contributed by atoms with Gasteiger partial charge in [-0.15, -0.1) is 11.8 Å². The smallest absolute Gasteiger partial charge is 0.0457 e. The van der Waals surface area contributed by atoms with Gasteiger partial charge in [-0.25, -0.2) is 0 Å². The Bertz CT molecular complexity index is 312. The minimum absolute atomic E-state index is 0.146. The average molecular weight is 238 g/mol. The lowest BCUT2D eigenvalue weighted by molar-refractivity contribution is 0.437. The van der Waals surface area contributed by atoms with Crippen molar-refractivity contribution in [3.63, 3.8) is 0 Å². The highest BCUT2D eigenvalue weighted by molar-refractivity contribution is 7.99. The highest BCUT2D eigenvalue weighted by Crippen LogP contribution is 2.23. The van der Waals surface area contributed by atoms with Gasteiger partial charge in [0.25, 0.3) is 0 Å². The summed E-state index contributed by atoms with van der Waals surface area (Å²) in [6.45, 7) is 7.67. The van der Waals surface area contributed by atoms with Gasteiger partial charge in [-0.05, 0) is 26.2 Å². The van der Waals surface area contributed by atoms with Crippen LogP contribution in [0.3, 0.4) is 0 Å². The molecule has 0 N–H and O–H groups in total. The Morgan fingerprint density at radius 3 is 2.38 bits per heavy atom. The molecule has 1 aromatic heterocycles. The van der Waals surface area contributed by atoms with Crippen LogP contribution in [0.5, 0.6) is 0 Å². The molecule has 2 nitrogen and oxygen atoms in total. The molecule has 0 aliphatic rings. The van der Waals surface area contributed by atoms with Crippen molar-refractivity contribution >= 4 is 11.8 Å². The van der Waals surface area contributed by atoms with E-state index in [1.165, 1.54) is 4.90 Å². The zero-order valence-electron chi connectivity index (χ0n) is 10.9. The van der Waals surface area contributed by atoms with Crippen LogP contribution in [0, 0.1) is 0 Å². The molecule has 0 radical (unpaired) electrons. The predicted octanol–water partition coefficient (Wildman–Crippen LogP) is 3.03. The van der Waals surface area contributed by atoms with Crippen molar-refractivity contribution in [2.45, 2.75) is 31.1 Å². The lowest BCUT2D eigenvalue weighted by atomic mass is 9.92. The Morgan fingerprint density at radius 2 is 1.94 bits per heavy atom. The standard InChI is InChI=1S/C13H22N2S/c1-13(2,3)12-7-6-11(10-14-12)16-9-8-15(4)5/h6-7,10H,8-9H2,1-5H3. The molecule has 0 amide bonds. The maximum Gasteiger partial charge on any atom is 0.0457 e. The second-order valence-electron chi connectivity index (χ2n) is 5.28. The van der Waals surface area contributed by atoms with Crippen molar-refractivity contribution < 1.29 is 0 Å². The van der Waals surface area contributed by atoms with Crippen LogP contribution < -0.4 is 0 Å². The van der Waals surface area contributed by atoms with Gasteiger partial charge in [0, 0.05) is 34.5 Å². The fourth-order valence-corrected chi connectivity index (χ4v) is 2.24. The summed E-state index contributed by atoms with van der Waals surface area (Å²) in [5.74, 6) is 1.11. The van der Waals surface area contributed by atoms with Crippen LogP contribution in [-0.4, -0.2) is 36.3 Å². The van der Waals surface area contributed by atoms with E-state index >= 15 is 0 Å². The average Bonchev–Trinajstić information content (AvgIpc) is 2.16. The zero-order valence-corrected chi connectivity index (χ0v) is 11.8. The number of rotatable bonds is 4. The molecule has 3 heteroatoms. The largest absolute Gasteiger partial charge is 0.309 e. The first-order valence-corrected chi connectivity index (χ1v) is 6.62. The number of aromatic nitrogens is 1. The molecule has 0 fully saturated rings. The zero-order chi connectivity index (χ0) is 12.2. The van der Waals surface area contributed by atoms with E-state index in [1.54, 1.807) is 0 Å². The molecular weight excluding hydrogens is 216 g/mol. The van der Waals surface area contributed by atoms with Crippen molar-refractivity contribution in [1.29, 1.82) is 0 Å². The Hall–Kier alpha value is -0.540. The van der Waals surface area contributed by atoms with Gasteiger partial charge in [0.1, 0.15) is 0 Å². The summed E-state index contributed by atoms with van der Waals surface area (Å²) >= 11 is 1.86. The van der Waals surface area contributed by atoms with Crippen LogP contribution in [0.25, 0.3) is 0 Å². The molecule has 0 atom stereocenters. The number of nitrogens with zero attached hydrogens (tertiary/aromatic N) is 2.